The zero-order valence-corrected chi connectivity index (χ0v) is 7.83. The van der Waals surface area contributed by atoms with Crippen molar-refractivity contribution >= 4 is 5.69 Å². The van der Waals surface area contributed by atoms with E-state index in [4.69, 9.17) is 10.8 Å². The summed E-state index contributed by atoms with van der Waals surface area (Å²) in [7, 11) is 0. The second kappa shape index (κ2) is 4.84. The van der Waals surface area contributed by atoms with Crippen LogP contribution in [0.15, 0.2) is 24.3 Å². The molecule has 1 aromatic carbocycles. The van der Waals surface area contributed by atoms with Crippen molar-refractivity contribution in [3.63, 3.8) is 0 Å². The molecule has 0 radical (unpaired) electrons. The average molecular weight is 180 g/mol. The van der Waals surface area contributed by atoms with Crippen LogP contribution in [0.2, 0.25) is 0 Å². The molecule has 0 saturated heterocycles. The number of anilines is 1. The van der Waals surface area contributed by atoms with Gasteiger partial charge in [-0.2, -0.15) is 0 Å². The number of para-hydroxylation sites is 1. The van der Waals surface area contributed by atoms with Crippen molar-refractivity contribution in [1.82, 2.24) is 0 Å². The number of nitrogens with one attached hydrogen (secondary N) is 1. The van der Waals surface area contributed by atoms with Gasteiger partial charge < -0.3 is 16.2 Å². The zero-order valence-electron chi connectivity index (χ0n) is 7.83. The van der Waals surface area contributed by atoms with Crippen LogP contribution in [0.25, 0.3) is 0 Å². The molecule has 1 atom stereocenters. The lowest BCUT2D eigenvalue weighted by Gasteiger charge is -2.12. The van der Waals surface area contributed by atoms with Gasteiger partial charge in [0.25, 0.3) is 0 Å². The number of rotatable bonds is 4. The Morgan fingerprint density at radius 1 is 1.46 bits per heavy atom. The molecule has 0 bridgehead atoms. The number of benzene rings is 1. The van der Waals surface area contributed by atoms with Gasteiger partial charge in [-0.05, 0) is 18.6 Å². The molecule has 1 rings (SSSR count). The minimum atomic E-state index is -0.195. The predicted octanol–water partition coefficient (Wildman–Crippen LogP) is 0.727. The van der Waals surface area contributed by atoms with Crippen molar-refractivity contribution in [2.75, 3.05) is 18.5 Å². The Hall–Kier alpha value is -1.06. The molecule has 0 spiro atoms. The lowest BCUT2D eigenvalue weighted by atomic mass is 10.2. The first kappa shape index (κ1) is 10.0. The van der Waals surface area contributed by atoms with Gasteiger partial charge in [0.1, 0.15) is 0 Å². The maximum atomic E-state index is 8.72. The summed E-state index contributed by atoms with van der Waals surface area (Å²) in [5.74, 6) is 0. The Balaban J connectivity index is 2.50. The van der Waals surface area contributed by atoms with Crippen LogP contribution in [0.1, 0.15) is 5.56 Å². The molecule has 0 aliphatic heterocycles. The van der Waals surface area contributed by atoms with Crippen molar-refractivity contribution < 1.29 is 5.11 Å². The van der Waals surface area contributed by atoms with E-state index in [2.05, 4.69) is 5.32 Å². The summed E-state index contributed by atoms with van der Waals surface area (Å²) in [5.41, 5.74) is 7.82. The summed E-state index contributed by atoms with van der Waals surface area (Å²) in [6.45, 7) is 2.65. The Morgan fingerprint density at radius 3 is 2.77 bits per heavy atom. The van der Waals surface area contributed by atoms with Crippen molar-refractivity contribution in [3.05, 3.63) is 29.8 Å². The highest BCUT2D eigenvalue weighted by atomic mass is 16.3. The largest absolute Gasteiger partial charge is 0.395 e. The summed E-state index contributed by atoms with van der Waals surface area (Å²) >= 11 is 0. The summed E-state index contributed by atoms with van der Waals surface area (Å²) in [4.78, 5) is 0. The van der Waals surface area contributed by atoms with Crippen LogP contribution in [0, 0.1) is 6.92 Å². The molecule has 0 saturated carbocycles. The Bertz CT molecular complexity index is 263. The van der Waals surface area contributed by atoms with Crippen LogP contribution < -0.4 is 11.1 Å². The van der Waals surface area contributed by atoms with E-state index in [1.807, 2.05) is 31.2 Å². The quantitative estimate of drug-likeness (QED) is 0.640. The molecule has 3 nitrogen and oxygen atoms in total. The van der Waals surface area contributed by atoms with Gasteiger partial charge in [-0.25, -0.2) is 0 Å². The summed E-state index contributed by atoms with van der Waals surface area (Å²) in [6.07, 6.45) is 0. The molecule has 0 heterocycles. The summed E-state index contributed by atoms with van der Waals surface area (Å²) < 4.78 is 0. The van der Waals surface area contributed by atoms with Gasteiger partial charge in [-0.1, -0.05) is 18.2 Å². The van der Waals surface area contributed by atoms with Crippen LogP contribution in [-0.4, -0.2) is 24.3 Å². The molecule has 0 fully saturated rings. The van der Waals surface area contributed by atoms with Crippen LogP contribution in [0.3, 0.4) is 0 Å². The maximum absolute atomic E-state index is 8.72. The molecule has 1 aromatic rings. The van der Waals surface area contributed by atoms with E-state index in [1.165, 1.54) is 5.56 Å². The molecular weight excluding hydrogens is 164 g/mol. The summed E-state index contributed by atoms with van der Waals surface area (Å²) in [5, 5.41) is 11.9. The lowest BCUT2D eigenvalue weighted by Crippen LogP contribution is -2.32. The number of aliphatic hydroxyl groups excluding tert-OH is 1. The molecule has 0 aliphatic rings. The third-order valence-corrected chi connectivity index (χ3v) is 1.93. The third kappa shape index (κ3) is 3.05. The molecular formula is C10H16N2O. The standard InChI is InChI=1S/C10H16N2O/c1-8-4-2-3-5-10(8)12-6-9(11)7-13/h2-5,9,12-13H,6-7,11H2,1H3. The monoisotopic (exact) mass is 180 g/mol. The lowest BCUT2D eigenvalue weighted by molar-refractivity contribution is 0.270. The molecule has 13 heavy (non-hydrogen) atoms. The van der Waals surface area contributed by atoms with E-state index in [1.54, 1.807) is 0 Å². The highest BCUT2D eigenvalue weighted by molar-refractivity contribution is 5.50. The van der Waals surface area contributed by atoms with Gasteiger partial charge in [-0.15, -0.1) is 0 Å². The van der Waals surface area contributed by atoms with Gasteiger partial charge in [0.15, 0.2) is 0 Å². The fraction of sp³-hybridized carbons (Fsp3) is 0.400. The van der Waals surface area contributed by atoms with Crippen molar-refractivity contribution in [1.29, 1.82) is 0 Å². The third-order valence-electron chi connectivity index (χ3n) is 1.93. The maximum Gasteiger partial charge on any atom is 0.0599 e. The highest BCUT2D eigenvalue weighted by Gasteiger charge is 2.00. The minimum absolute atomic E-state index is 0.0128. The van der Waals surface area contributed by atoms with Gasteiger partial charge in [0, 0.05) is 18.3 Å². The summed E-state index contributed by atoms with van der Waals surface area (Å²) in [6, 6.07) is 7.80. The second-order valence-electron chi connectivity index (χ2n) is 3.14. The van der Waals surface area contributed by atoms with E-state index in [-0.39, 0.29) is 12.6 Å². The first-order valence-electron chi connectivity index (χ1n) is 4.40. The fourth-order valence-corrected chi connectivity index (χ4v) is 1.08. The SMILES string of the molecule is Cc1ccccc1NCC(N)CO. The van der Waals surface area contributed by atoms with E-state index >= 15 is 0 Å². The van der Waals surface area contributed by atoms with Crippen molar-refractivity contribution in [3.8, 4) is 0 Å². The van der Waals surface area contributed by atoms with Crippen molar-refractivity contribution in [2.24, 2.45) is 5.73 Å². The number of nitrogens with two attached hydrogens (primary N) is 1. The highest BCUT2D eigenvalue weighted by Crippen LogP contribution is 2.12. The van der Waals surface area contributed by atoms with E-state index in [0.717, 1.165) is 5.69 Å². The van der Waals surface area contributed by atoms with E-state index in [0.29, 0.717) is 6.54 Å². The number of hydrogen-bond donors (Lipinski definition) is 3. The van der Waals surface area contributed by atoms with E-state index in [9.17, 15) is 0 Å². The second-order valence-corrected chi connectivity index (χ2v) is 3.14. The van der Waals surface area contributed by atoms with Crippen LogP contribution in [0.4, 0.5) is 5.69 Å². The van der Waals surface area contributed by atoms with Gasteiger partial charge in [0.2, 0.25) is 0 Å². The first-order chi connectivity index (χ1) is 6.24. The normalized spacial score (nSPS) is 12.5. The van der Waals surface area contributed by atoms with E-state index < -0.39 is 0 Å². The molecule has 72 valence electrons. The molecule has 4 N–H and O–H groups in total. The Morgan fingerprint density at radius 2 is 2.15 bits per heavy atom. The fourth-order valence-electron chi connectivity index (χ4n) is 1.08. The minimum Gasteiger partial charge on any atom is -0.395 e. The Labute approximate surface area is 78.6 Å². The predicted molar refractivity (Wildman–Crippen MR) is 54.7 cm³/mol. The van der Waals surface area contributed by atoms with Gasteiger partial charge in [0.05, 0.1) is 6.61 Å². The van der Waals surface area contributed by atoms with Gasteiger partial charge >= 0.3 is 0 Å². The molecule has 3 heteroatoms. The smallest absolute Gasteiger partial charge is 0.0599 e. The number of hydrogen-bond acceptors (Lipinski definition) is 3. The number of aliphatic hydroxyl groups is 1. The van der Waals surface area contributed by atoms with Crippen LogP contribution >= 0.6 is 0 Å². The molecule has 0 aromatic heterocycles. The molecule has 0 aliphatic carbocycles. The number of aryl methyl sites for hydroxylation is 1. The zero-order chi connectivity index (χ0) is 9.68. The molecule has 0 amide bonds. The van der Waals surface area contributed by atoms with Crippen LogP contribution in [-0.2, 0) is 0 Å². The average Bonchev–Trinajstić information content (AvgIpc) is 2.16. The van der Waals surface area contributed by atoms with Crippen LogP contribution in [0.5, 0.6) is 0 Å². The van der Waals surface area contributed by atoms with Crippen molar-refractivity contribution in [2.45, 2.75) is 13.0 Å². The molecule has 1 unspecified atom stereocenters. The first-order valence-corrected chi connectivity index (χ1v) is 4.40. The van der Waals surface area contributed by atoms with Gasteiger partial charge in [-0.3, -0.25) is 0 Å². The topological polar surface area (TPSA) is 58.3 Å². The Kier molecular flexibility index (Phi) is 3.73.